The molecule has 4 N–H and O–H groups in total. The van der Waals surface area contributed by atoms with Crippen molar-refractivity contribution in [3.05, 3.63) is 33.7 Å². The van der Waals surface area contributed by atoms with Crippen molar-refractivity contribution < 1.29 is 14.3 Å². The standard InChI is InChI=1S/C10H13FN2O3/c11-2-1-6-3-7(13-9(14)4-6)5-8(12)10(15)16/h3-4,8H,1-2,5,12H2,(H,13,14)(H,15,16). The molecular weight excluding hydrogens is 215 g/mol. The van der Waals surface area contributed by atoms with Crippen molar-refractivity contribution in [1.82, 2.24) is 4.98 Å². The van der Waals surface area contributed by atoms with Gasteiger partial charge in [-0.15, -0.1) is 0 Å². The molecule has 1 unspecified atom stereocenters. The highest BCUT2D eigenvalue weighted by molar-refractivity contribution is 5.73. The Hall–Kier alpha value is -1.69. The average Bonchev–Trinajstić information content (AvgIpc) is 2.16. The zero-order chi connectivity index (χ0) is 12.1. The SMILES string of the molecule is NC(Cc1cc(CCF)cc(=O)[nH]1)C(=O)O. The summed E-state index contributed by atoms with van der Waals surface area (Å²) in [4.78, 5) is 24.2. The molecule has 0 bridgehead atoms. The molecule has 0 aliphatic rings. The van der Waals surface area contributed by atoms with Gasteiger partial charge in [-0.3, -0.25) is 14.0 Å². The number of rotatable bonds is 5. The smallest absolute Gasteiger partial charge is 0.320 e. The zero-order valence-electron chi connectivity index (χ0n) is 8.57. The summed E-state index contributed by atoms with van der Waals surface area (Å²) >= 11 is 0. The summed E-state index contributed by atoms with van der Waals surface area (Å²) in [5, 5.41) is 8.61. The number of nitrogens with two attached hydrogens (primary N) is 1. The molecule has 0 spiro atoms. The summed E-state index contributed by atoms with van der Waals surface area (Å²) in [6, 6.07) is 1.77. The van der Waals surface area contributed by atoms with Crippen molar-refractivity contribution in [1.29, 1.82) is 0 Å². The van der Waals surface area contributed by atoms with Crippen LogP contribution in [0.4, 0.5) is 4.39 Å². The Labute approximate surface area is 91.1 Å². The molecule has 1 atom stereocenters. The van der Waals surface area contributed by atoms with E-state index in [0.717, 1.165) is 0 Å². The molecule has 88 valence electrons. The van der Waals surface area contributed by atoms with E-state index in [9.17, 15) is 14.0 Å². The summed E-state index contributed by atoms with van der Waals surface area (Å²) in [5.74, 6) is -1.14. The van der Waals surface area contributed by atoms with Gasteiger partial charge >= 0.3 is 5.97 Å². The highest BCUT2D eigenvalue weighted by Gasteiger charge is 2.13. The third-order valence-electron chi connectivity index (χ3n) is 2.10. The summed E-state index contributed by atoms with van der Waals surface area (Å²) < 4.78 is 12.1. The molecule has 0 fully saturated rings. The van der Waals surface area contributed by atoms with Gasteiger partial charge in [0.2, 0.25) is 5.56 Å². The molecular formula is C10H13FN2O3. The quantitative estimate of drug-likeness (QED) is 0.652. The first kappa shape index (κ1) is 12.4. The van der Waals surface area contributed by atoms with E-state index in [1.54, 1.807) is 6.07 Å². The Balaban J connectivity index is 2.88. The molecule has 1 rings (SSSR count). The van der Waals surface area contributed by atoms with Gasteiger partial charge in [0.25, 0.3) is 0 Å². The van der Waals surface area contributed by atoms with Crippen LogP contribution in [0.1, 0.15) is 11.3 Å². The molecule has 0 aliphatic carbocycles. The van der Waals surface area contributed by atoms with Gasteiger partial charge in [0.05, 0.1) is 6.67 Å². The normalized spacial score (nSPS) is 12.4. The zero-order valence-corrected chi connectivity index (χ0v) is 8.57. The van der Waals surface area contributed by atoms with Gasteiger partial charge in [0, 0.05) is 24.6 Å². The van der Waals surface area contributed by atoms with Gasteiger partial charge in [-0.05, 0) is 11.6 Å². The van der Waals surface area contributed by atoms with Crippen LogP contribution >= 0.6 is 0 Å². The number of carboxylic acids is 1. The van der Waals surface area contributed by atoms with Crippen LogP contribution in [0.25, 0.3) is 0 Å². The van der Waals surface area contributed by atoms with E-state index < -0.39 is 18.7 Å². The minimum atomic E-state index is -1.14. The van der Waals surface area contributed by atoms with Crippen molar-refractivity contribution in [3.8, 4) is 0 Å². The van der Waals surface area contributed by atoms with Gasteiger partial charge in [-0.1, -0.05) is 0 Å². The molecule has 6 heteroatoms. The number of H-pyrrole nitrogens is 1. The maximum atomic E-state index is 12.1. The van der Waals surface area contributed by atoms with E-state index in [-0.39, 0.29) is 18.4 Å². The molecule has 0 aromatic carbocycles. The molecule has 0 radical (unpaired) electrons. The Morgan fingerprint density at radius 1 is 1.56 bits per heavy atom. The number of hydrogen-bond acceptors (Lipinski definition) is 3. The lowest BCUT2D eigenvalue weighted by atomic mass is 10.1. The van der Waals surface area contributed by atoms with Gasteiger partial charge in [-0.2, -0.15) is 0 Å². The third-order valence-corrected chi connectivity index (χ3v) is 2.10. The second-order valence-electron chi connectivity index (χ2n) is 3.47. The van der Waals surface area contributed by atoms with Gasteiger partial charge < -0.3 is 15.8 Å². The number of hydrogen-bond donors (Lipinski definition) is 3. The average molecular weight is 228 g/mol. The van der Waals surface area contributed by atoms with Crippen LogP contribution in [0.5, 0.6) is 0 Å². The number of aliphatic carboxylic acids is 1. The van der Waals surface area contributed by atoms with E-state index in [1.165, 1.54) is 6.07 Å². The number of pyridine rings is 1. The third kappa shape index (κ3) is 3.47. The number of alkyl halides is 1. The summed E-state index contributed by atoms with van der Waals surface area (Å²) in [6.45, 7) is -0.562. The molecule has 1 heterocycles. The van der Waals surface area contributed by atoms with Crippen LogP contribution in [0.15, 0.2) is 16.9 Å². The van der Waals surface area contributed by atoms with E-state index >= 15 is 0 Å². The molecule has 1 aromatic rings. The lowest BCUT2D eigenvalue weighted by molar-refractivity contribution is -0.138. The second kappa shape index (κ2) is 5.41. The Morgan fingerprint density at radius 2 is 2.25 bits per heavy atom. The molecule has 0 amide bonds. The number of carboxylic acid groups (broad SMARTS) is 1. The number of aryl methyl sites for hydroxylation is 1. The van der Waals surface area contributed by atoms with Crippen LogP contribution in [0.2, 0.25) is 0 Å². The van der Waals surface area contributed by atoms with Crippen molar-refractivity contribution in [2.45, 2.75) is 18.9 Å². The lowest BCUT2D eigenvalue weighted by Crippen LogP contribution is -2.33. The second-order valence-corrected chi connectivity index (χ2v) is 3.47. The van der Waals surface area contributed by atoms with Crippen LogP contribution in [-0.4, -0.2) is 28.8 Å². The Morgan fingerprint density at radius 3 is 2.81 bits per heavy atom. The van der Waals surface area contributed by atoms with Gasteiger partial charge in [-0.25, -0.2) is 0 Å². The van der Waals surface area contributed by atoms with E-state index in [0.29, 0.717) is 11.3 Å². The first-order valence-corrected chi connectivity index (χ1v) is 4.79. The van der Waals surface area contributed by atoms with Crippen LogP contribution in [0.3, 0.4) is 0 Å². The summed E-state index contributed by atoms with van der Waals surface area (Å²) in [5.41, 5.74) is 5.90. The Bertz CT molecular complexity index is 430. The number of aromatic amines is 1. The molecule has 1 aromatic heterocycles. The number of nitrogens with one attached hydrogen (secondary N) is 1. The van der Waals surface area contributed by atoms with Gasteiger partial charge in [0.15, 0.2) is 0 Å². The highest BCUT2D eigenvalue weighted by Crippen LogP contribution is 2.03. The van der Waals surface area contributed by atoms with Crippen LogP contribution in [-0.2, 0) is 17.6 Å². The predicted molar refractivity (Wildman–Crippen MR) is 56.1 cm³/mol. The highest BCUT2D eigenvalue weighted by atomic mass is 19.1. The van der Waals surface area contributed by atoms with Crippen molar-refractivity contribution in [3.63, 3.8) is 0 Å². The summed E-state index contributed by atoms with van der Waals surface area (Å²) in [7, 11) is 0. The van der Waals surface area contributed by atoms with E-state index in [2.05, 4.69) is 4.98 Å². The minimum Gasteiger partial charge on any atom is -0.480 e. The maximum Gasteiger partial charge on any atom is 0.320 e. The molecule has 0 saturated carbocycles. The van der Waals surface area contributed by atoms with Crippen molar-refractivity contribution in [2.75, 3.05) is 6.67 Å². The van der Waals surface area contributed by atoms with Crippen molar-refractivity contribution >= 4 is 5.97 Å². The topological polar surface area (TPSA) is 96.2 Å². The van der Waals surface area contributed by atoms with E-state index in [1.807, 2.05) is 0 Å². The first-order chi connectivity index (χ1) is 7.52. The largest absolute Gasteiger partial charge is 0.480 e. The Kier molecular flexibility index (Phi) is 4.19. The molecule has 16 heavy (non-hydrogen) atoms. The molecule has 0 aliphatic heterocycles. The van der Waals surface area contributed by atoms with Crippen LogP contribution in [0, 0.1) is 0 Å². The fraction of sp³-hybridized carbons (Fsp3) is 0.400. The maximum absolute atomic E-state index is 12.1. The first-order valence-electron chi connectivity index (χ1n) is 4.79. The number of carbonyl (C=O) groups is 1. The molecule has 5 nitrogen and oxygen atoms in total. The van der Waals surface area contributed by atoms with Crippen LogP contribution < -0.4 is 11.3 Å². The lowest BCUT2D eigenvalue weighted by Gasteiger charge is -2.07. The predicted octanol–water partition coefficient (Wildman–Crippen LogP) is -0.159. The fourth-order valence-electron chi connectivity index (χ4n) is 1.35. The number of aromatic nitrogens is 1. The van der Waals surface area contributed by atoms with Gasteiger partial charge in [0.1, 0.15) is 6.04 Å². The monoisotopic (exact) mass is 228 g/mol. The van der Waals surface area contributed by atoms with E-state index in [4.69, 9.17) is 10.8 Å². The van der Waals surface area contributed by atoms with Crippen molar-refractivity contribution in [2.24, 2.45) is 5.73 Å². The number of halogens is 1. The fourth-order valence-corrected chi connectivity index (χ4v) is 1.35. The minimum absolute atomic E-state index is 0.0186. The molecule has 0 saturated heterocycles. The summed E-state index contributed by atoms with van der Waals surface area (Å²) in [6.07, 6.45) is 0.157.